The van der Waals surface area contributed by atoms with Crippen molar-refractivity contribution in [2.45, 2.75) is 38.5 Å². The Balaban J connectivity index is 1.63. The van der Waals surface area contributed by atoms with Crippen molar-refractivity contribution in [2.24, 2.45) is 0 Å². The molecule has 0 bridgehead atoms. The van der Waals surface area contributed by atoms with Crippen molar-refractivity contribution in [1.29, 1.82) is 0 Å². The van der Waals surface area contributed by atoms with Crippen molar-refractivity contribution >= 4 is 23.8 Å². The van der Waals surface area contributed by atoms with Crippen LogP contribution in [0.15, 0.2) is 40.7 Å². The Morgan fingerprint density at radius 2 is 2.03 bits per heavy atom. The highest BCUT2D eigenvalue weighted by atomic mass is 32.2. The first-order valence-corrected chi connectivity index (χ1v) is 10.9. The van der Waals surface area contributed by atoms with Gasteiger partial charge in [0.15, 0.2) is 5.82 Å². The predicted octanol–water partition coefficient (Wildman–Crippen LogP) is 1.92. The molecule has 4 N–H and O–H groups in total. The van der Waals surface area contributed by atoms with Gasteiger partial charge >= 0.3 is 12.0 Å². The molecule has 1 aromatic carbocycles. The smallest absolute Gasteiger partial charge is 0.337 e. The second kappa shape index (κ2) is 10.2. The number of rotatable bonds is 9. The Labute approximate surface area is 184 Å². The molecule has 0 aliphatic carbocycles. The second-order valence-corrected chi connectivity index (χ2v) is 8.00. The Morgan fingerprint density at radius 3 is 2.71 bits per heavy atom. The van der Waals surface area contributed by atoms with Crippen LogP contribution < -0.4 is 21.2 Å². The van der Waals surface area contributed by atoms with Gasteiger partial charge in [0.25, 0.3) is 0 Å². The van der Waals surface area contributed by atoms with Gasteiger partial charge in [0, 0.05) is 11.4 Å². The number of esters is 1. The Bertz CT molecular complexity index is 971. The lowest BCUT2D eigenvalue weighted by Crippen LogP contribution is -2.44. The minimum absolute atomic E-state index is 0.102. The van der Waals surface area contributed by atoms with E-state index >= 15 is 0 Å². The maximum Gasteiger partial charge on any atom is 0.337 e. The first-order valence-electron chi connectivity index (χ1n) is 9.88. The number of nitrogen functional groups attached to an aromatic ring is 1. The molecule has 0 fully saturated rings. The van der Waals surface area contributed by atoms with E-state index in [1.807, 2.05) is 24.3 Å². The number of aromatic nitrogens is 3. The Morgan fingerprint density at radius 1 is 1.29 bits per heavy atom. The minimum atomic E-state index is -0.475. The molecule has 2 heterocycles. The van der Waals surface area contributed by atoms with Gasteiger partial charge in [0.05, 0.1) is 18.7 Å². The third-order valence-electron chi connectivity index (χ3n) is 4.57. The number of nitrogens with two attached hydrogens (primary N) is 1. The standard InChI is InChI=1S/C20H26N6O4S/c1-4-29-18(27)15-9-22-19(28)23-16(15)11-31-20-25-24-17(26(20)21)10-30-14-7-5-13(6-8-14)12(2)3/h5-8,12H,4,9-11,21H2,1-3H3,(H2,22,23,28). The largest absolute Gasteiger partial charge is 0.486 e. The van der Waals surface area contributed by atoms with Crippen LogP contribution in [-0.4, -0.2) is 45.8 Å². The number of benzene rings is 1. The highest BCUT2D eigenvalue weighted by Gasteiger charge is 2.24. The molecule has 0 saturated heterocycles. The summed E-state index contributed by atoms with van der Waals surface area (Å²) in [5.74, 6) is 7.51. The van der Waals surface area contributed by atoms with Crippen LogP contribution in [0.1, 0.15) is 38.1 Å². The quantitative estimate of drug-likeness (QED) is 0.302. The van der Waals surface area contributed by atoms with Gasteiger partial charge in [-0.2, -0.15) is 0 Å². The second-order valence-electron chi connectivity index (χ2n) is 7.06. The summed E-state index contributed by atoms with van der Waals surface area (Å²) >= 11 is 1.24. The van der Waals surface area contributed by atoms with Crippen molar-refractivity contribution in [3.63, 3.8) is 0 Å². The van der Waals surface area contributed by atoms with Gasteiger partial charge in [-0.15, -0.1) is 10.2 Å². The molecule has 0 unspecified atom stereocenters. The number of ether oxygens (including phenoxy) is 2. The molecule has 11 heteroatoms. The van der Waals surface area contributed by atoms with Gasteiger partial charge < -0.3 is 25.9 Å². The summed E-state index contributed by atoms with van der Waals surface area (Å²) in [5.41, 5.74) is 2.05. The lowest BCUT2D eigenvalue weighted by atomic mass is 10.0. The van der Waals surface area contributed by atoms with Crippen molar-refractivity contribution in [3.05, 3.63) is 46.9 Å². The molecule has 3 rings (SSSR count). The average molecular weight is 447 g/mol. The summed E-state index contributed by atoms with van der Waals surface area (Å²) in [6.07, 6.45) is 0. The van der Waals surface area contributed by atoms with Crippen molar-refractivity contribution in [3.8, 4) is 5.75 Å². The SMILES string of the molecule is CCOC(=O)C1=C(CSc2nnc(COc3ccc(C(C)C)cc3)n2N)NC(=O)NC1. The third-order valence-corrected chi connectivity index (χ3v) is 5.54. The van der Waals surface area contributed by atoms with E-state index in [9.17, 15) is 9.59 Å². The number of amides is 2. The van der Waals surface area contributed by atoms with Crippen LogP contribution in [0.5, 0.6) is 5.75 Å². The highest BCUT2D eigenvalue weighted by Crippen LogP contribution is 2.22. The zero-order valence-electron chi connectivity index (χ0n) is 17.7. The molecule has 31 heavy (non-hydrogen) atoms. The van der Waals surface area contributed by atoms with Crippen LogP contribution in [0.3, 0.4) is 0 Å². The fraction of sp³-hybridized carbons (Fsp3) is 0.400. The molecule has 2 amide bonds. The maximum absolute atomic E-state index is 12.1. The van der Waals surface area contributed by atoms with Crippen LogP contribution in [0.4, 0.5) is 4.79 Å². The number of carbonyl (C=O) groups is 2. The van der Waals surface area contributed by atoms with Crippen molar-refractivity contribution in [1.82, 2.24) is 25.5 Å². The highest BCUT2D eigenvalue weighted by molar-refractivity contribution is 7.99. The average Bonchev–Trinajstić information content (AvgIpc) is 3.10. The molecule has 1 aliphatic rings. The van der Waals surface area contributed by atoms with E-state index in [4.69, 9.17) is 15.3 Å². The summed E-state index contributed by atoms with van der Waals surface area (Å²) < 4.78 is 12.1. The Kier molecular flexibility index (Phi) is 7.40. The van der Waals surface area contributed by atoms with E-state index < -0.39 is 5.97 Å². The van der Waals surface area contributed by atoms with Gasteiger partial charge in [-0.1, -0.05) is 37.7 Å². The van der Waals surface area contributed by atoms with Crippen LogP contribution >= 0.6 is 11.8 Å². The van der Waals surface area contributed by atoms with Gasteiger partial charge in [0.2, 0.25) is 5.16 Å². The molecule has 1 aliphatic heterocycles. The number of nitrogens with one attached hydrogen (secondary N) is 2. The first kappa shape index (κ1) is 22.5. The van der Waals surface area contributed by atoms with E-state index in [0.29, 0.717) is 33.9 Å². The first-order chi connectivity index (χ1) is 14.9. The molecule has 166 valence electrons. The molecular weight excluding hydrogens is 420 g/mol. The van der Waals surface area contributed by atoms with Crippen molar-refractivity contribution < 1.29 is 19.1 Å². The number of hydrogen-bond acceptors (Lipinski definition) is 8. The number of thioether (sulfide) groups is 1. The fourth-order valence-corrected chi connectivity index (χ4v) is 3.67. The van der Waals surface area contributed by atoms with Crippen LogP contribution in [0.25, 0.3) is 0 Å². The monoisotopic (exact) mass is 446 g/mol. The maximum atomic E-state index is 12.1. The fourth-order valence-electron chi connectivity index (χ4n) is 2.81. The van der Waals surface area contributed by atoms with E-state index in [0.717, 1.165) is 0 Å². The topological polar surface area (TPSA) is 133 Å². The molecule has 2 aromatic rings. The number of urea groups is 1. The molecule has 10 nitrogen and oxygen atoms in total. The van der Waals surface area contributed by atoms with E-state index in [-0.39, 0.29) is 31.5 Å². The number of hydrogen-bond donors (Lipinski definition) is 3. The lowest BCUT2D eigenvalue weighted by Gasteiger charge is -2.20. The number of nitrogens with zero attached hydrogens (tertiary/aromatic N) is 3. The van der Waals surface area contributed by atoms with E-state index in [1.54, 1.807) is 6.92 Å². The summed E-state index contributed by atoms with van der Waals surface area (Å²) in [7, 11) is 0. The molecular formula is C20H26N6O4S. The van der Waals surface area contributed by atoms with Gasteiger partial charge in [-0.3, -0.25) is 0 Å². The summed E-state index contributed by atoms with van der Waals surface area (Å²) in [5, 5.41) is 13.8. The zero-order valence-corrected chi connectivity index (χ0v) is 18.5. The zero-order chi connectivity index (χ0) is 22.4. The van der Waals surface area contributed by atoms with Gasteiger partial charge in [-0.25, -0.2) is 14.3 Å². The van der Waals surface area contributed by atoms with E-state index in [2.05, 4.69) is 34.7 Å². The van der Waals surface area contributed by atoms with Crippen molar-refractivity contribution in [2.75, 3.05) is 24.7 Å². The summed E-state index contributed by atoms with van der Waals surface area (Å²) in [6.45, 7) is 6.49. The molecule has 1 aromatic heterocycles. The van der Waals surface area contributed by atoms with Crippen LogP contribution in [0.2, 0.25) is 0 Å². The molecule has 0 saturated carbocycles. The lowest BCUT2D eigenvalue weighted by molar-refractivity contribution is -0.138. The summed E-state index contributed by atoms with van der Waals surface area (Å²) in [4.78, 5) is 23.8. The van der Waals surface area contributed by atoms with Gasteiger partial charge in [-0.05, 0) is 30.5 Å². The van der Waals surface area contributed by atoms with Crippen LogP contribution in [0, 0.1) is 0 Å². The summed E-state index contributed by atoms with van der Waals surface area (Å²) in [6, 6.07) is 7.49. The van der Waals surface area contributed by atoms with Crippen LogP contribution in [-0.2, 0) is 16.1 Å². The predicted molar refractivity (Wildman–Crippen MR) is 116 cm³/mol. The van der Waals surface area contributed by atoms with Gasteiger partial charge in [0.1, 0.15) is 12.4 Å². The Hall–Kier alpha value is -3.21. The van der Waals surface area contributed by atoms with E-state index in [1.165, 1.54) is 22.0 Å². The molecule has 0 atom stereocenters. The molecule has 0 radical (unpaired) electrons. The third kappa shape index (κ3) is 5.69. The normalized spacial score (nSPS) is 13.7. The molecule has 0 spiro atoms. The number of carbonyl (C=O) groups excluding carboxylic acids is 2. The minimum Gasteiger partial charge on any atom is -0.486 e.